The number of pyridine rings is 1. The van der Waals surface area contributed by atoms with Crippen LogP contribution in [-0.4, -0.2) is 37.2 Å². The third-order valence-electron chi connectivity index (χ3n) is 2.68. The average Bonchev–Trinajstić information content (AvgIpc) is 2.98. The number of amides is 1. The highest BCUT2D eigenvalue weighted by Crippen LogP contribution is 2.10. The van der Waals surface area contributed by atoms with Crippen LogP contribution in [0, 0.1) is 0 Å². The quantitative estimate of drug-likeness (QED) is 0.883. The van der Waals surface area contributed by atoms with Crippen LogP contribution in [0.5, 0.6) is 0 Å². The Bertz CT molecular complexity index is 543. The number of thioether (sulfide) groups is 1. The number of aromatic nitrogens is 4. The fourth-order valence-electron chi connectivity index (χ4n) is 1.53. The van der Waals surface area contributed by atoms with Crippen LogP contribution in [0.4, 0.5) is 0 Å². The van der Waals surface area contributed by atoms with Gasteiger partial charge in [0.25, 0.3) is 0 Å². The van der Waals surface area contributed by atoms with Crippen LogP contribution in [0.25, 0.3) is 5.82 Å². The number of carbonyl (C=O) groups excluding carboxylic acids is 1. The molecule has 2 heterocycles. The van der Waals surface area contributed by atoms with Gasteiger partial charge in [0, 0.05) is 18.3 Å². The molecule has 2 rings (SSSR count). The number of hydrogen-bond donors (Lipinski definition) is 1. The molecule has 0 bridgehead atoms. The van der Waals surface area contributed by atoms with Crippen LogP contribution < -0.4 is 5.32 Å². The van der Waals surface area contributed by atoms with Crippen molar-refractivity contribution in [3.8, 4) is 5.82 Å². The lowest BCUT2D eigenvalue weighted by molar-refractivity contribution is -0.120. The summed E-state index contributed by atoms with van der Waals surface area (Å²) in [4.78, 5) is 19.9. The van der Waals surface area contributed by atoms with Crippen molar-refractivity contribution in [2.24, 2.45) is 0 Å². The van der Waals surface area contributed by atoms with E-state index in [2.05, 4.69) is 20.4 Å². The van der Waals surface area contributed by atoms with Crippen molar-refractivity contribution in [1.82, 2.24) is 25.1 Å². The summed E-state index contributed by atoms with van der Waals surface area (Å²) in [6.45, 7) is 2.30. The third kappa shape index (κ3) is 3.31. The Hall–Kier alpha value is -1.89. The first-order chi connectivity index (χ1) is 9.22. The fraction of sp³-hybridized carbons (Fsp3) is 0.333. The summed E-state index contributed by atoms with van der Waals surface area (Å²) in [5.41, 5.74) is 0.898. The van der Waals surface area contributed by atoms with Gasteiger partial charge in [-0.25, -0.2) is 14.6 Å². The molecule has 1 N–H and O–H groups in total. The summed E-state index contributed by atoms with van der Waals surface area (Å²) < 4.78 is 1.58. The normalized spacial score (nSPS) is 12.1. The fourth-order valence-corrected chi connectivity index (χ4v) is 1.82. The van der Waals surface area contributed by atoms with E-state index < -0.39 is 0 Å². The zero-order valence-corrected chi connectivity index (χ0v) is 11.6. The van der Waals surface area contributed by atoms with Crippen molar-refractivity contribution < 1.29 is 4.79 Å². The van der Waals surface area contributed by atoms with E-state index in [1.807, 2.05) is 25.3 Å². The summed E-state index contributed by atoms with van der Waals surface area (Å²) >= 11 is 1.51. The van der Waals surface area contributed by atoms with Crippen molar-refractivity contribution >= 4 is 17.7 Å². The van der Waals surface area contributed by atoms with Gasteiger partial charge in [0.05, 0.1) is 5.25 Å². The van der Waals surface area contributed by atoms with Crippen LogP contribution in [0.2, 0.25) is 0 Å². The summed E-state index contributed by atoms with van der Waals surface area (Å²) in [5.74, 6) is 0.693. The van der Waals surface area contributed by atoms with Crippen LogP contribution >= 0.6 is 11.8 Å². The zero-order chi connectivity index (χ0) is 13.7. The third-order valence-corrected chi connectivity index (χ3v) is 3.60. The van der Waals surface area contributed by atoms with Crippen LogP contribution in [-0.2, 0) is 11.3 Å². The predicted octanol–water partition coefficient (Wildman–Crippen LogP) is 1.03. The molecule has 1 atom stereocenters. The maximum Gasteiger partial charge on any atom is 0.233 e. The minimum absolute atomic E-state index is 0.0147. The molecule has 6 nitrogen and oxygen atoms in total. The SMILES string of the molecule is CSC(C)C(=O)NCc1cccnc1-n1cncn1. The molecule has 2 aromatic heterocycles. The Morgan fingerprint density at radius 3 is 3.11 bits per heavy atom. The number of rotatable bonds is 5. The van der Waals surface area contributed by atoms with Gasteiger partial charge in [-0.1, -0.05) is 6.07 Å². The van der Waals surface area contributed by atoms with E-state index >= 15 is 0 Å². The second-order valence-corrected chi connectivity index (χ2v) is 5.10. The highest BCUT2D eigenvalue weighted by atomic mass is 32.2. The van der Waals surface area contributed by atoms with Gasteiger partial charge in [-0.2, -0.15) is 16.9 Å². The van der Waals surface area contributed by atoms with Crippen molar-refractivity contribution in [3.63, 3.8) is 0 Å². The van der Waals surface area contributed by atoms with E-state index in [4.69, 9.17) is 0 Å². The lowest BCUT2D eigenvalue weighted by Gasteiger charge is -2.11. The second kappa shape index (κ2) is 6.33. The molecule has 0 spiro atoms. The van der Waals surface area contributed by atoms with Gasteiger partial charge in [-0.3, -0.25) is 4.79 Å². The molecular formula is C12H15N5OS. The first-order valence-electron chi connectivity index (χ1n) is 5.81. The van der Waals surface area contributed by atoms with Crippen molar-refractivity contribution in [3.05, 3.63) is 36.5 Å². The Morgan fingerprint density at radius 1 is 1.58 bits per heavy atom. The molecule has 19 heavy (non-hydrogen) atoms. The van der Waals surface area contributed by atoms with E-state index in [1.54, 1.807) is 17.2 Å². The number of nitrogens with one attached hydrogen (secondary N) is 1. The zero-order valence-electron chi connectivity index (χ0n) is 10.8. The Balaban J connectivity index is 2.11. The van der Waals surface area contributed by atoms with Crippen LogP contribution in [0.15, 0.2) is 31.0 Å². The van der Waals surface area contributed by atoms with Crippen LogP contribution in [0.3, 0.4) is 0 Å². The van der Waals surface area contributed by atoms with Crippen molar-refractivity contribution in [2.75, 3.05) is 6.26 Å². The van der Waals surface area contributed by atoms with Gasteiger partial charge in [-0.05, 0) is 19.2 Å². The van der Waals surface area contributed by atoms with Gasteiger partial charge < -0.3 is 5.32 Å². The molecular weight excluding hydrogens is 262 g/mol. The Kier molecular flexibility index (Phi) is 4.51. The van der Waals surface area contributed by atoms with E-state index in [-0.39, 0.29) is 11.2 Å². The molecule has 7 heteroatoms. The minimum atomic E-state index is -0.0634. The van der Waals surface area contributed by atoms with Gasteiger partial charge in [0.15, 0.2) is 5.82 Å². The Labute approximate surface area is 115 Å². The number of hydrogen-bond acceptors (Lipinski definition) is 5. The molecule has 2 aromatic rings. The molecule has 0 saturated carbocycles. The topological polar surface area (TPSA) is 72.7 Å². The molecule has 0 aliphatic heterocycles. The highest BCUT2D eigenvalue weighted by molar-refractivity contribution is 7.99. The second-order valence-electron chi connectivity index (χ2n) is 3.92. The lowest BCUT2D eigenvalue weighted by Crippen LogP contribution is -2.30. The molecule has 0 aliphatic carbocycles. The molecule has 0 aromatic carbocycles. The average molecular weight is 277 g/mol. The molecule has 1 unspecified atom stereocenters. The first-order valence-corrected chi connectivity index (χ1v) is 7.10. The van der Waals surface area contributed by atoms with Gasteiger partial charge in [0.1, 0.15) is 12.7 Å². The maximum atomic E-state index is 11.8. The van der Waals surface area contributed by atoms with E-state index in [0.717, 1.165) is 5.56 Å². The molecule has 0 aliphatic rings. The molecule has 0 saturated heterocycles. The largest absolute Gasteiger partial charge is 0.351 e. The van der Waals surface area contributed by atoms with Gasteiger partial charge >= 0.3 is 0 Å². The van der Waals surface area contributed by atoms with Gasteiger partial charge in [-0.15, -0.1) is 0 Å². The smallest absolute Gasteiger partial charge is 0.233 e. The maximum absolute atomic E-state index is 11.8. The van der Waals surface area contributed by atoms with Crippen LogP contribution in [0.1, 0.15) is 12.5 Å². The minimum Gasteiger partial charge on any atom is -0.351 e. The van der Waals surface area contributed by atoms with Gasteiger partial charge in [0.2, 0.25) is 5.91 Å². The summed E-state index contributed by atoms with van der Waals surface area (Å²) in [6.07, 6.45) is 6.63. The van der Waals surface area contributed by atoms with E-state index in [1.165, 1.54) is 18.1 Å². The first kappa shape index (κ1) is 13.5. The highest BCUT2D eigenvalue weighted by Gasteiger charge is 2.12. The summed E-state index contributed by atoms with van der Waals surface area (Å²) in [5, 5.41) is 6.88. The molecule has 100 valence electrons. The van der Waals surface area contributed by atoms with E-state index in [0.29, 0.717) is 12.4 Å². The number of nitrogens with zero attached hydrogens (tertiary/aromatic N) is 4. The molecule has 0 fully saturated rings. The lowest BCUT2D eigenvalue weighted by atomic mass is 10.2. The molecule has 0 radical (unpaired) electrons. The number of carbonyl (C=O) groups is 1. The van der Waals surface area contributed by atoms with E-state index in [9.17, 15) is 4.79 Å². The monoisotopic (exact) mass is 277 g/mol. The predicted molar refractivity (Wildman–Crippen MR) is 74.0 cm³/mol. The Morgan fingerprint density at radius 2 is 2.42 bits per heavy atom. The molecule has 1 amide bonds. The van der Waals surface area contributed by atoms with Crippen molar-refractivity contribution in [1.29, 1.82) is 0 Å². The standard InChI is InChI=1S/C12H15N5OS/c1-9(19-2)12(18)15-6-10-4-3-5-14-11(10)17-8-13-7-16-17/h3-5,7-9H,6H2,1-2H3,(H,15,18). The summed E-state index contributed by atoms with van der Waals surface area (Å²) in [7, 11) is 0. The van der Waals surface area contributed by atoms with Crippen molar-refractivity contribution in [2.45, 2.75) is 18.7 Å². The summed E-state index contributed by atoms with van der Waals surface area (Å²) in [6, 6.07) is 3.74.